The molecular weight excluding hydrogens is 368 g/mol. The Labute approximate surface area is 162 Å². The Morgan fingerprint density at radius 3 is 2.56 bits per heavy atom. The van der Waals surface area contributed by atoms with Gasteiger partial charge in [-0.15, -0.1) is 0 Å². The van der Waals surface area contributed by atoms with Gasteiger partial charge < -0.3 is 14.8 Å². The SMILES string of the molecule is COC(=O)CC1N=C(c2ccc(Cl)cc2)c2cc(OC)cc(C)c2NC1=O. The average Bonchev–Trinajstić information content (AvgIpc) is 2.80. The van der Waals surface area contributed by atoms with E-state index in [4.69, 9.17) is 21.1 Å². The first kappa shape index (κ1) is 18.9. The zero-order valence-electron chi connectivity index (χ0n) is 15.2. The number of benzene rings is 2. The first-order valence-electron chi connectivity index (χ1n) is 8.33. The minimum absolute atomic E-state index is 0.149. The average molecular weight is 387 g/mol. The van der Waals surface area contributed by atoms with E-state index >= 15 is 0 Å². The Morgan fingerprint density at radius 1 is 1.22 bits per heavy atom. The number of carbonyl (C=O) groups excluding carboxylic acids is 2. The lowest BCUT2D eigenvalue weighted by Crippen LogP contribution is -2.28. The van der Waals surface area contributed by atoms with Crippen molar-refractivity contribution < 1.29 is 19.1 Å². The predicted molar refractivity (Wildman–Crippen MR) is 104 cm³/mol. The number of rotatable bonds is 4. The smallest absolute Gasteiger partial charge is 0.308 e. The molecule has 1 aliphatic heterocycles. The lowest BCUT2D eigenvalue weighted by Gasteiger charge is -2.14. The summed E-state index contributed by atoms with van der Waals surface area (Å²) in [5.41, 5.74) is 3.55. The van der Waals surface area contributed by atoms with Crippen LogP contribution in [0.3, 0.4) is 0 Å². The van der Waals surface area contributed by atoms with Crippen LogP contribution < -0.4 is 10.1 Å². The maximum absolute atomic E-state index is 12.7. The molecule has 0 saturated heterocycles. The summed E-state index contributed by atoms with van der Waals surface area (Å²) in [6.45, 7) is 1.88. The molecule has 0 aromatic heterocycles. The van der Waals surface area contributed by atoms with E-state index in [0.29, 0.717) is 22.2 Å². The van der Waals surface area contributed by atoms with Crippen LogP contribution in [0.1, 0.15) is 23.1 Å². The molecule has 0 saturated carbocycles. The number of esters is 1. The predicted octanol–water partition coefficient (Wildman–Crippen LogP) is 3.38. The largest absolute Gasteiger partial charge is 0.497 e. The molecule has 27 heavy (non-hydrogen) atoms. The topological polar surface area (TPSA) is 77.0 Å². The van der Waals surface area contributed by atoms with Gasteiger partial charge in [-0.3, -0.25) is 14.6 Å². The fourth-order valence-electron chi connectivity index (χ4n) is 2.93. The molecule has 1 atom stereocenters. The lowest BCUT2D eigenvalue weighted by atomic mass is 9.98. The third kappa shape index (κ3) is 3.95. The van der Waals surface area contributed by atoms with Crippen molar-refractivity contribution in [1.29, 1.82) is 0 Å². The van der Waals surface area contributed by atoms with E-state index in [1.165, 1.54) is 7.11 Å². The molecule has 0 radical (unpaired) electrons. The van der Waals surface area contributed by atoms with Crippen LogP contribution in [0.4, 0.5) is 5.69 Å². The van der Waals surface area contributed by atoms with Crippen molar-refractivity contribution in [3.05, 3.63) is 58.1 Å². The molecule has 0 aliphatic carbocycles. The lowest BCUT2D eigenvalue weighted by molar-refractivity contribution is -0.142. The summed E-state index contributed by atoms with van der Waals surface area (Å²) in [4.78, 5) is 29.1. The first-order valence-corrected chi connectivity index (χ1v) is 8.71. The van der Waals surface area contributed by atoms with Crippen molar-refractivity contribution in [2.75, 3.05) is 19.5 Å². The number of aryl methyl sites for hydroxylation is 1. The van der Waals surface area contributed by atoms with Crippen LogP contribution in [0.5, 0.6) is 5.75 Å². The number of anilines is 1. The summed E-state index contributed by atoms with van der Waals surface area (Å²) >= 11 is 6.01. The number of nitrogens with one attached hydrogen (secondary N) is 1. The Hall–Kier alpha value is -2.86. The van der Waals surface area contributed by atoms with E-state index in [9.17, 15) is 9.59 Å². The van der Waals surface area contributed by atoms with Gasteiger partial charge in [0.25, 0.3) is 0 Å². The molecule has 1 aliphatic rings. The van der Waals surface area contributed by atoms with Crippen LogP contribution in [0, 0.1) is 6.92 Å². The van der Waals surface area contributed by atoms with Gasteiger partial charge in [-0.2, -0.15) is 0 Å². The normalized spacial score (nSPS) is 15.9. The van der Waals surface area contributed by atoms with Crippen LogP contribution in [-0.2, 0) is 14.3 Å². The molecule has 2 aromatic rings. The highest BCUT2D eigenvalue weighted by Gasteiger charge is 2.29. The molecule has 7 heteroatoms. The quantitative estimate of drug-likeness (QED) is 0.817. The van der Waals surface area contributed by atoms with Gasteiger partial charge in [0.05, 0.1) is 32.0 Å². The fraction of sp³-hybridized carbons (Fsp3) is 0.250. The number of benzodiazepines with no additional fused rings is 1. The number of methoxy groups -OCH3 is 2. The molecule has 3 rings (SSSR count). The number of ether oxygens (including phenoxy) is 2. The van der Waals surface area contributed by atoms with E-state index < -0.39 is 12.0 Å². The molecule has 1 amide bonds. The van der Waals surface area contributed by atoms with Gasteiger partial charge in [-0.25, -0.2) is 0 Å². The number of hydrogen-bond acceptors (Lipinski definition) is 5. The van der Waals surface area contributed by atoms with E-state index in [0.717, 1.165) is 16.7 Å². The minimum atomic E-state index is -0.902. The summed E-state index contributed by atoms with van der Waals surface area (Å²) in [7, 11) is 2.86. The van der Waals surface area contributed by atoms with Crippen LogP contribution in [0.25, 0.3) is 0 Å². The summed E-state index contributed by atoms with van der Waals surface area (Å²) in [6.07, 6.45) is -0.149. The molecule has 1 heterocycles. The van der Waals surface area contributed by atoms with Crippen LogP contribution in [0.15, 0.2) is 41.4 Å². The van der Waals surface area contributed by atoms with Crippen LogP contribution in [-0.4, -0.2) is 37.8 Å². The number of carbonyl (C=O) groups is 2. The number of nitrogens with zero attached hydrogens (tertiary/aromatic N) is 1. The molecule has 1 N–H and O–H groups in total. The molecule has 6 nitrogen and oxygen atoms in total. The van der Waals surface area contributed by atoms with Gasteiger partial charge >= 0.3 is 5.97 Å². The highest BCUT2D eigenvalue weighted by molar-refractivity contribution is 6.30. The van der Waals surface area contributed by atoms with Crippen molar-refractivity contribution in [2.24, 2.45) is 4.99 Å². The van der Waals surface area contributed by atoms with E-state index in [1.807, 2.05) is 31.2 Å². The fourth-order valence-corrected chi connectivity index (χ4v) is 3.06. The molecule has 0 bridgehead atoms. The van der Waals surface area contributed by atoms with Crippen molar-refractivity contribution in [2.45, 2.75) is 19.4 Å². The zero-order valence-corrected chi connectivity index (χ0v) is 16.0. The van der Waals surface area contributed by atoms with Crippen molar-refractivity contribution in [1.82, 2.24) is 0 Å². The van der Waals surface area contributed by atoms with E-state index in [-0.39, 0.29) is 12.3 Å². The second-order valence-electron chi connectivity index (χ2n) is 6.14. The number of fused-ring (bicyclic) bond motifs is 1. The van der Waals surface area contributed by atoms with Crippen molar-refractivity contribution in [3.63, 3.8) is 0 Å². The van der Waals surface area contributed by atoms with Crippen molar-refractivity contribution in [3.8, 4) is 5.75 Å². The van der Waals surface area contributed by atoms with E-state index in [2.05, 4.69) is 10.3 Å². The standard InChI is InChI=1S/C20H19ClN2O4/c1-11-8-14(26-2)9-15-18(11)23-20(25)16(10-17(24)27-3)22-19(15)12-4-6-13(21)7-5-12/h4-9,16H,10H2,1-3H3,(H,23,25). The molecule has 140 valence electrons. The number of hydrogen-bond donors (Lipinski definition) is 1. The van der Waals surface area contributed by atoms with Gasteiger partial charge in [-0.05, 0) is 36.8 Å². The number of halogens is 1. The molecule has 2 aromatic carbocycles. The Bertz CT molecular complexity index is 922. The molecule has 1 unspecified atom stereocenters. The summed E-state index contributed by atoms with van der Waals surface area (Å²) in [5.74, 6) is -0.220. The monoisotopic (exact) mass is 386 g/mol. The van der Waals surface area contributed by atoms with Crippen LogP contribution >= 0.6 is 11.6 Å². The van der Waals surface area contributed by atoms with Gasteiger partial charge in [0.15, 0.2) is 0 Å². The highest BCUT2D eigenvalue weighted by Crippen LogP contribution is 2.32. The molecule has 0 spiro atoms. The third-order valence-electron chi connectivity index (χ3n) is 4.34. The first-order chi connectivity index (χ1) is 12.9. The highest BCUT2D eigenvalue weighted by atomic mass is 35.5. The third-order valence-corrected chi connectivity index (χ3v) is 4.59. The maximum atomic E-state index is 12.7. The van der Waals surface area contributed by atoms with Gasteiger partial charge in [0.1, 0.15) is 11.8 Å². The number of aliphatic imine (C=N–C) groups is 1. The van der Waals surface area contributed by atoms with Gasteiger partial charge in [0.2, 0.25) is 5.91 Å². The second kappa shape index (κ2) is 7.80. The van der Waals surface area contributed by atoms with Gasteiger partial charge in [0, 0.05) is 16.1 Å². The van der Waals surface area contributed by atoms with Crippen LogP contribution in [0.2, 0.25) is 5.02 Å². The second-order valence-corrected chi connectivity index (χ2v) is 6.57. The van der Waals surface area contributed by atoms with Crippen molar-refractivity contribution >= 4 is 34.9 Å². The summed E-state index contributed by atoms with van der Waals surface area (Å²) in [5, 5.41) is 3.48. The van der Waals surface area contributed by atoms with Gasteiger partial charge in [-0.1, -0.05) is 23.7 Å². The van der Waals surface area contributed by atoms with E-state index in [1.54, 1.807) is 19.2 Å². The zero-order chi connectivity index (χ0) is 19.6. The Kier molecular flexibility index (Phi) is 5.46. The molecule has 0 fully saturated rings. The minimum Gasteiger partial charge on any atom is -0.497 e. The summed E-state index contributed by atoms with van der Waals surface area (Å²) in [6, 6.07) is 9.90. The number of amides is 1. The summed E-state index contributed by atoms with van der Waals surface area (Å²) < 4.78 is 10.1. The Morgan fingerprint density at radius 2 is 1.93 bits per heavy atom. The molecular formula is C20H19ClN2O4. The Balaban J connectivity index is 2.20. The maximum Gasteiger partial charge on any atom is 0.308 e.